The third-order valence-corrected chi connectivity index (χ3v) is 8.10. The van der Waals surface area contributed by atoms with Gasteiger partial charge in [0.2, 0.25) is 15.9 Å². The van der Waals surface area contributed by atoms with Crippen LogP contribution in [0.4, 0.5) is 11.4 Å². The van der Waals surface area contributed by atoms with Crippen LogP contribution < -0.4 is 15.0 Å². The summed E-state index contributed by atoms with van der Waals surface area (Å²) in [4.78, 5) is 26.6. The second-order valence-electron chi connectivity index (χ2n) is 8.58. The van der Waals surface area contributed by atoms with Crippen molar-refractivity contribution < 1.29 is 22.7 Å². The number of amides is 2. The fraction of sp³-hybridized carbons (Fsp3) is 0.417. The Labute approximate surface area is 194 Å². The van der Waals surface area contributed by atoms with Gasteiger partial charge in [-0.05, 0) is 61.1 Å². The van der Waals surface area contributed by atoms with E-state index in [-0.39, 0.29) is 29.6 Å². The Bertz CT molecular complexity index is 1140. The fourth-order valence-corrected chi connectivity index (χ4v) is 5.55. The summed E-state index contributed by atoms with van der Waals surface area (Å²) in [5, 5.41) is 2.79. The quantitative estimate of drug-likeness (QED) is 0.699. The van der Waals surface area contributed by atoms with Gasteiger partial charge in [-0.2, -0.15) is 4.31 Å². The number of hydrogen-bond acceptors (Lipinski definition) is 5. The molecule has 2 aromatic carbocycles. The lowest BCUT2D eigenvalue weighted by Gasteiger charge is -2.31. The molecule has 176 valence electrons. The van der Waals surface area contributed by atoms with Crippen LogP contribution in [0.25, 0.3) is 0 Å². The average molecular weight is 472 g/mol. The minimum absolute atomic E-state index is 0.0923. The minimum atomic E-state index is -3.70. The zero-order valence-electron chi connectivity index (χ0n) is 18.9. The molecule has 0 atom stereocenters. The summed E-state index contributed by atoms with van der Waals surface area (Å²) >= 11 is 0. The maximum absolute atomic E-state index is 13.2. The molecule has 9 heteroatoms. The highest BCUT2D eigenvalue weighted by molar-refractivity contribution is 7.89. The van der Waals surface area contributed by atoms with Crippen LogP contribution in [0.2, 0.25) is 0 Å². The number of rotatable bonds is 6. The lowest BCUT2D eigenvalue weighted by Crippen LogP contribution is -2.43. The molecule has 0 unspecified atom stereocenters. The van der Waals surface area contributed by atoms with E-state index in [1.807, 2.05) is 24.3 Å². The van der Waals surface area contributed by atoms with E-state index in [1.54, 1.807) is 6.07 Å². The van der Waals surface area contributed by atoms with Crippen molar-refractivity contribution >= 4 is 33.2 Å². The first-order valence-corrected chi connectivity index (χ1v) is 12.7. The number of nitrogens with zero attached hydrogens (tertiary/aromatic N) is 2. The molecule has 2 amide bonds. The number of aryl methyl sites for hydroxylation is 1. The Kier molecular flexibility index (Phi) is 6.71. The summed E-state index contributed by atoms with van der Waals surface area (Å²) in [6.07, 6.45) is 2.53. The van der Waals surface area contributed by atoms with Crippen molar-refractivity contribution in [2.24, 2.45) is 5.92 Å². The Balaban J connectivity index is 1.55. The van der Waals surface area contributed by atoms with E-state index in [2.05, 4.69) is 19.2 Å². The van der Waals surface area contributed by atoms with Gasteiger partial charge >= 0.3 is 0 Å². The third kappa shape index (κ3) is 5.04. The summed E-state index contributed by atoms with van der Waals surface area (Å²) in [5.41, 5.74) is 2.07. The molecule has 2 aromatic rings. The van der Waals surface area contributed by atoms with Crippen LogP contribution in [0.5, 0.6) is 5.75 Å². The zero-order chi connectivity index (χ0) is 23.6. The predicted octanol–water partition coefficient (Wildman–Crippen LogP) is 3.03. The highest BCUT2D eigenvalue weighted by Crippen LogP contribution is 2.35. The topological polar surface area (TPSA) is 96.0 Å². The number of sulfonamides is 1. The molecule has 1 saturated heterocycles. The van der Waals surface area contributed by atoms with Gasteiger partial charge in [0.05, 0.1) is 10.6 Å². The van der Waals surface area contributed by atoms with Gasteiger partial charge in [-0.3, -0.25) is 14.5 Å². The first-order valence-electron chi connectivity index (χ1n) is 11.2. The first-order chi connectivity index (χ1) is 15.8. The van der Waals surface area contributed by atoms with E-state index in [4.69, 9.17) is 4.74 Å². The van der Waals surface area contributed by atoms with E-state index in [1.165, 1.54) is 21.3 Å². The van der Waals surface area contributed by atoms with E-state index >= 15 is 0 Å². The van der Waals surface area contributed by atoms with Crippen LogP contribution >= 0.6 is 0 Å². The van der Waals surface area contributed by atoms with Crippen LogP contribution in [0.15, 0.2) is 47.4 Å². The molecule has 2 aliphatic heterocycles. The van der Waals surface area contributed by atoms with Gasteiger partial charge in [0.25, 0.3) is 5.91 Å². The van der Waals surface area contributed by atoms with Crippen molar-refractivity contribution in [1.82, 2.24) is 4.31 Å². The second kappa shape index (κ2) is 9.52. The van der Waals surface area contributed by atoms with Gasteiger partial charge in [-0.15, -0.1) is 0 Å². The maximum atomic E-state index is 13.2. The fourth-order valence-electron chi connectivity index (χ4n) is 4.06. The van der Waals surface area contributed by atoms with Gasteiger partial charge in [0.1, 0.15) is 12.3 Å². The summed E-state index contributed by atoms with van der Waals surface area (Å²) < 4.78 is 33.3. The highest BCUT2D eigenvalue weighted by atomic mass is 32.2. The molecular weight excluding hydrogens is 442 g/mol. The summed E-state index contributed by atoms with van der Waals surface area (Å²) in [6, 6.07) is 12.0. The summed E-state index contributed by atoms with van der Waals surface area (Å²) in [7, 11) is -3.70. The van der Waals surface area contributed by atoms with Crippen molar-refractivity contribution in [3.05, 3.63) is 48.0 Å². The minimum Gasteiger partial charge on any atom is -0.482 e. The molecule has 8 nitrogen and oxygen atoms in total. The number of fused-ring (bicyclic) bond motifs is 1. The molecule has 0 aromatic heterocycles. The van der Waals surface area contributed by atoms with E-state index in [9.17, 15) is 18.0 Å². The van der Waals surface area contributed by atoms with E-state index < -0.39 is 15.9 Å². The molecule has 0 aliphatic carbocycles. The predicted molar refractivity (Wildman–Crippen MR) is 126 cm³/mol. The first kappa shape index (κ1) is 23.3. The summed E-state index contributed by atoms with van der Waals surface area (Å²) in [6.45, 7) is 4.66. The number of anilines is 2. The molecule has 4 rings (SSSR count). The number of piperidine rings is 1. The van der Waals surface area contributed by atoms with Crippen molar-refractivity contribution in [3.63, 3.8) is 0 Å². The van der Waals surface area contributed by atoms with Crippen molar-refractivity contribution in [2.45, 2.75) is 38.0 Å². The highest BCUT2D eigenvalue weighted by Gasteiger charge is 2.32. The maximum Gasteiger partial charge on any atom is 0.265 e. The zero-order valence-corrected chi connectivity index (χ0v) is 19.7. The van der Waals surface area contributed by atoms with Gasteiger partial charge in [0, 0.05) is 18.8 Å². The molecule has 33 heavy (non-hydrogen) atoms. The van der Waals surface area contributed by atoms with Gasteiger partial charge in [0.15, 0.2) is 6.61 Å². The van der Waals surface area contributed by atoms with Crippen molar-refractivity contribution in [1.29, 1.82) is 0 Å². The third-order valence-electron chi connectivity index (χ3n) is 6.20. The van der Waals surface area contributed by atoms with E-state index in [0.717, 1.165) is 24.8 Å². The molecule has 2 heterocycles. The molecule has 0 spiro atoms. The largest absolute Gasteiger partial charge is 0.482 e. The van der Waals surface area contributed by atoms with Gasteiger partial charge in [-0.25, -0.2) is 8.42 Å². The van der Waals surface area contributed by atoms with E-state index in [0.29, 0.717) is 30.4 Å². The monoisotopic (exact) mass is 471 g/mol. The number of carbonyl (C=O) groups excluding carboxylic acids is 2. The lowest BCUT2D eigenvalue weighted by molar-refractivity contribution is -0.123. The smallest absolute Gasteiger partial charge is 0.265 e. The van der Waals surface area contributed by atoms with Crippen molar-refractivity contribution in [3.8, 4) is 5.75 Å². The Morgan fingerprint density at radius 1 is 1.12 bits per heavy atom. The average Bonchev–Trinajstić information content (AvgIpc) is 2.81. The SMILES string of the molecule is CCc1ccc(NC(=O)CN2C(=O)COc3ccc(S(=O)(=O)N4CCC(C)CC4)cc32)cc1. The molecule has 0 saturated carbocycles. The molecule has 0 radical (unpaired) electrons. The molecule has 2 aliphatic rings. The normalized spacial score (nSPS) is 17.4. The molecular formula is C24H29N3O5S. The second-order valence-corrected chi connectivity index (χ2v) is 10.5. The van der Waals surface area contributed by atoms with Crippen LogP contribution in [0.1, 0.15) is 32.3 Å². The van der Waals surface area contributed by atoms with Crippen molar-refractivity contribution in [2.75, 3.05) is 36.5 Å². The Morgan fingerprint density at radius 2 is 1.82 bits per heavy atom. The number of carbonyl (C=O) groups is 2. The number of ether oxygens (including phenoxy) is 1. The molecule has 1 fully saturated rings. The van der Waals surface area contributed by atoms with Gasteiger partial charge in [-0.1, -0.05) is 26.0 Å². The Morgan fingerprint density at radius 3 is 2.48 bits per heavy atom. The number of benzene rings is 2. The molecule has 0 bridgehead atoms. The van der Waals surface area contributed by atoms with Gasteiger partial charge < -0.3 is 10.1 Å². The van der Waals surface area contributed by atoms with Crippen LogP contribution in [0.3, 0.4) is 0 Å². The standard InChI is InChI=1S/C24H29N3O5S/c1-3-18-4-6-19(7-5-18)25-23(28)15-27-21-14-20(8-9-22(21)32-16-24(27)29)33(30,31)26-12-10-17(2)11-13-26/h4-9,14,17H,3,10-13,15-16H2,1-2H3,(H,25,28). The van der Waals surface area contributed by atoms with Crippen LogP contribution in [0, 0.1) is 5.92 Å². The number of hydrogen-bond donors (Lipinski definition) is 1. The molecule has 1 N–H and O–H groups in total. The van der Waals surface area contributed by atoms with Crippen LogP contribution in [-0.2, 0) is 26.0 Å². The Hall–Kier alpha value is -2.91. The summed E-state index contributed by atoms with van der Waals surface area (Å²) in [5.74, 6) is 0.0955. The van der Waals surface area contributed by atoms with Crippen LogP contribution in [-0.4, -0.2) is 50.8 Å². The lowest BCUT2D eigenvalue weighted by atomic mass is 10.0. The number of nitrogens with one attached hydrogen (secondary N) is 1.